The lowest BCUT2D eigenvalue weighted by molar-refractivity contribution is 0.369. The Morgan fingerprint density at radius 3 is 3.22 bits per heavy atom. The summed E-state index contributed by atoms with van der Waals surface area (Å²) in [4.78, 5) is 7.00. The molecular weight excluding hydrogens is 242 g/mol. The summed E-state index contributed by atoms with van der Waals surface area (Å²) in [7, 11) is 0. The smallest absolute Gasteiger partial charge is 0.0830 e. The fraction of sp³-hybridized carbons (Fsp3) is 0.500. The van der Waals surface area contributed by atoms with Gasteiger partial charge in [0.15, 0.2) is 0 Å². The molecule has 18 heavy (non-hydrogen) atoms. The lowest BCUT2D eigenvalue weighted by Gasteiger charge is -2.24. The van der Waals surface area contributed by atoms with Crippen LogP contribution in [0.1, 0.15) is 12.8 Å². The number of nitrogens with zero attached hydrogens (tertiary/aromatic N) is 2. The molecule has 2 aliphatic rings. The van der Waals surface area contributed by atoms with Crippen LogP contribution < -0.4 is 10.2 Å². The van der Waals surface area contributed by atoms with Crippen LogP contribution in [0.4, 0.5) is 5.69 Å². The molecule has 1 spiro atoms. The number of hydrogen-bond donors (Lipinski definition) is 1. The van der Waals surface area contributed by atoms with Gasteiger partial charge in [0.05, 0.1) is 15.9 Å². The van der Waals surface area contributed by atoms with Gasteiger partial charge in [-0.2, -0.15) is 0 Å². The molecule has 94 valence electrons. The number of hydrogen-bond acceptors (Lipinski definition) is 4. The van der Waals surface area contributed by atoms with Crippen molar-refractivity contribution in [3.8, 4) is 0 Å². The molecule has 0 radical (unpaired) electrons. The Bertz CT molecular complexity index is 571. The Kier molecular flexibility index (Phi) is 2.35. The van der Waals surface area contributed by atoms with Crippen LogP contribution in [0.15, 0.2) is 23.7 Å². The summed E-state index contributed by atoms with van der Waals surface area (Å²) in [6.45, 7) is 4.79. The highest BCUT2D eigenvalue weighted by Crippen LogP contribution is 2.40. The number of thiophene rings is 1. The van der Waals surface area contributed by atoms with Gasteiger partial charge in [0.2, 0.25) is 0 Å². The first-order chi connectivity index (χ1) is 8.86. The minimum absolute atomic E-state index is 0.535. The molecule has 1 atom stereocenters. The molecule has 2 fully saturated rings. The van der Waals surface area contributed by atoms with Gasteiger partial charge in [-0.1, -0.05) is 0 Å². The first kappa shape index (κ1) is 10.8. The molecule has 2 aliphatic heterocycles. The van der Waals surface area contributed by atoms with E-state index in [1.165, 1.54) is 49.4 Å². The summed E-state index contributed by atoms with van der Waals surface area (Å²) in [5.41, 5.74) is 3.06. The maximum atomic E-state index is 4.43. The largest absolute Gasteiger partial charge is 0.370 e. The average Bonchev–Trinajstić information content (AvgIpc) is 3.11. The third-order valence-electron chi connectivity index (χ3n) is 4.43. The van der Waals surface area contributed by atoms with E-state index in [4.69, 9.17) is 0 Å². The molecule has 0 aromatic carbocycles. The predicted molar refractivity (Wildman–Crippen MR) is 76.4 cm³/mol. The van der Waals surface area contributed by atoms with Crippen LogP contribution in [-0.2, 0) is 0 Å². The van der Waals surface area contributed by atoms with Gasteiger partial charge in [-0.05, 0) is 36.9 Å². The quantitative estimate of drug-likeness (QED) is 0.853. The van der Waals surface area contributed by atoms with Crippen LogP contribution in [0.5, 0.6) is 0 Å². The highest BCUT2D eigenvalue weighted by atomic mass is 32.1. The number of aromatic nitrogens is 1. The Labute approximate surface area is 111 Å². The molecule has 0 saturated carbocycles. The molecule has 0 bridgehead atoms. The molecule has 0 amide bonds. The first-order valence-electron chi connectivity index (χ1n) is 6.64. The van der Waals surface area contributed by atoms with Gasteiger partial charge in [0.1, 0.15) is 0 Å². The van der Waals surface area contributed by atoms with Crippen LogP contribution >= 0.6 is 11.3 Å². The molecular formula is C14H17N3S. The predicted octanol–water partition coefficient (Wildman–Crippen LogP) is 2.49. The van der Waals surface area contributed by atoms with Crippen molar-refractivity contribution in [1.82, 2.24) is 10.3 Å². The topological polar surface area (TPSA) is 28.2 Å². The summed E-state index contributed by atoms with van der Waals surface area (Å²) in [5.74, 6) is 0. The third kappa shape index (κ3) is 1.56. The zero-order chi connectivity index (χ0) is 12.0. The van der Waals surface area contributed by atoms with E-state index in [-0.39, 0.29) is 0 Å². The average molecular weight is 259 g/mol. The summed E-state index contributed by atoms with van der Waals surface area (Å²) >= 11 is 1.81. The molecule has 1 N–H and O–H groups in total. The van der Waals surface area contributed by atoms with E-state index >= 15 is 0 Å². The van der Waals surface area contributed by atoms with E-state index in [1.807, 2.05) is 17.5 Å². The highest BCUT2D eigenvalue weighted by molar-refractivity contribution is 7.17. The lowest BCUT2D eigenvalue weighted by Crippen LogP contribution is -2.29. The van der Waals surface area contributed by atoms with Crippen LogP contribution in [0.25, 0.3) is 10.2 Å². The summed E-state index contributed by atoms with van der Waals surface area (Å²) in [6, 6.07) is 4.30. The fourth-order valence-electron chi connectivity index (χ4n) is 3.39. The highest BCUT2D eigenvalue weighted by Gasteiger charge is 2.40. The van der Waals surface area contributed by atoms with E-state index in [1.54, 1.807) is 0 Å². The van der Waals surface area contributed by atoms with E-state index < -0.39 is 0 Å². The van der Waals surface area contributed by atoms with Crippen molar-refractivity contribution in [2.75, 3.05) is 31.1 Å². The minimum Gasteiger partial charge on any atom is -0.370 e. The van der Waals surface area contributed by atoms with Crippen molar-refractivity contribution >= 4 is 27.2 Å². The molecule has 4 heteroatoms. The van der Waals surface area contributed by atoms with Gasteiger partial charge in [-0.3, -0.25) is 4.98 Å². The van der Waals surface area contributed by atoms with Crippen LogP contribution in [0, 0.1) is 5.41 Å². The minimum atomic E-state index is 0.535. The second-order valence-corrected chi connectivity index (χ2v) is 6.48. The van der Waals surface area contributed by atoms with Crippen LogP contribution in [0.2, 0.25) is 0 Å². The normalized spacial score (nSPS) is 27.7. The molecule has 3 nitrogen and oxygen atoms in total. The van der Waals surface area contributed by atoms with Gasteiger partial charge in [-0.15, -0.1) is 11.3 Å². The molecule has 1 unspecified atom stereocenters. The molecule has 0 aliphatic carbocycles. The Morgan fingerprint density at radius 2 is 2.33 bits per heavy atom. The van der Waals surface area contributed by atoms with E-state index in [9.17, 15) is 0 Å². The summed E-state index contributed by atoms with van der Waals surface area (Å²) < 4.78 is 1.35. The maximum Gasteiger partial charge on any atom is 0.0830 e. The van der Waals surface area contributed by atoms with Gasteiger partial charge in [-0.25, -0.2) is 0 Å². The standard InChI is InChI=1S/C14H17N3S/c1-5-16-11-2-8-18-13(11)12(1)17-7-4-14(10-17)3-6-15-9-14/h1-2,5,8,15H,3-4,6-7,9-10H2. The molecule has 2 aromatic rings. The Morgan fingerprint density at radius 1 is 1.33 bits per heavy atom. The van der Waals surface area contributed by atoms with E-state index in [2.05, 4.69) is 32.7 Å². The number of rotatable bonds is 1. The number of nitrogens with one attached hydrogen (secondary N) is 1. The second-order valence-electron chi connectivity index (χ2n) is 5.56. The first-order valence-corrected chi connectivity index (χ1v) is 7.52. The molecule has 2 saturated heterocycles. The van der Waals surface area contributed by atoms with Gasteiger partial charge < -0.3 is 10.2 Å². The van der Waals surface area contributed by atoms with Crippen molar-refractivity contribution in [3.05, 3.63) is 23.7 Å². The summed E-state index contributed by atoms with van der Waals surface area (Å²) in [6.07, 6.45) is 4.61. The Balaban J connectivity index is 1.70. The maximum absolute atomic E-state index is 4.43. The molecule has 2 aromatic heterocycles. The van der Waals surface area contributed by atoms with Gasteiger partial charge in [0.25, 0.3) is 0 Å². The number of fused-ring (bicyclic) bond motifs is 1. The summed E-state index contributed by atoms with van der Waals surface area (Å²) in [5, 5.41) is 5.67. The van der Waals surface area contributed by atoms with E-state index in [0.717, 1.165) is 5.52 Å². The van der Waals surface area contributed by atoms with E-state index in [0.29, 0.717) is 5.41 Å². The fourth-order valence-corrected chi connectivity index (χ4v) is 4.29. The molecule has 4 rings (SSSR count). The van der Waals surface area contributed by atoms with Gasteiger partial charge >= 0.3 is 0 Å². The van der Waals surface area contributed by atoms with Gasteiger partial charge in [0, 0.05) is 31.2 Å². The van der Waals surface area contributed by atoms with Crippen LogP contribution in [0.3, 0.4) is 0 Å². The second kappa shape index (κ2) is 3.93. The van der Waals surface area contributed by atoms with Crippen molar-refractivity contribution in [2.45, 2.75) is 12.8 Å². The molecule has 4 heterocycles. The monoisotopic (exact) mass is 259 g/mol. The third-order valence-corrected chi connectivity index (χ3v) is 5.36. The van der Waals surface area contributed by atoms with Crippen molar-refractivity contribution in [1.29, 1.82) is 0 Å². The Hall–Kier alpha value is -1.13. The lowest BCUT2D eigenvalue weighted by atomic mass is 9.86. The van der Waals surface area contributed by atoms with Crippen LogP contribution in [-0.4, -0.2) is 31.2 Å². The zero-order valence-electron chi connectivity index (χ0n) is 10.4. The van der Waals surface area contributed by atoms with Crippen molar-refractivity contribution in [3.63, 3.8) is 0 Å². The van der Waals surface area contributed by atoms with Crippen molar-refractivity contribution < 1.29 is 0 Å². The SMILES string of the molecule is c1cc(N2CCC3(CCNC3)C2)c2sccc2n1. The number of anilines is 1. The number of pyridine rings is 1. The van der Waals surface area contributed by atoms with Crippen molar-refractivity contribution in [2.24, 2.45) is 5.41 Å². The zero-order valence-corrected chi connectivity index (χ0v) is 11.2.